The van der Waals surface area contributed by atoms with Gasteiger partial charge in [0.1, 0.15) is 17.4 Å². The third kappa shape index (κ3) is 3.43. The Balaban J connectivity index is 2.00. The van der Waals surface area contributed by atoms with Crippen molar-refractivity contribution in [3.63, 3.8) is 0 Å². The smallest absolute Gasteiger partial charge is 0.268 e. The Morgan fingerprint density at radius 1 is 1.22 bits per heavy atom. The zero-order valence-electron chi connectivity index (χ0n) is 11.6. The molecule has 1 amide bonds. The van der Waals surface area contributed by atoms with E-state index in [0.717, 1.165) is 23.5 Å². The van der Waals surface area contributed by atoms with Crippen molar-refractivity contribution in [1.82, 2.24) is 0 Å². The van der Waals surface area contributed by atoms with Crippen molar-refractivity contribution in [2.24, 2.45) is 0 Å². The van der Waals surface area contributed by atoms with Crippen molar-refractivity contribution < 1.29 is 18.0 Å². The lowest BCUT2D eigenvalue weighted by atomic mass is 10.2. The van der Waals surface area contributed by atoms with Crippen LogP contribution in [0.1, 0.15) is 15.4 Å². The van der Waals surface area contributed by atoms with E-state index in [-0.39, 0.29) is 12.2 Å². The second-order valence-corrected chi connectivity index (χ2v) is 6.39. The Morgan fingerprint density at radius 3 is 2.65 bits per heavy atom. The van der Waals surface area contributed by atoms with Crippen molar-refractivity contribution in [3.8, 4) is 0 Å². The number of carbonyl (C=O) groups excluding carboxylic acids is 1. The van der Waals surface area contributed by atoms with Crippen LogP contribution < -0.4 is 4.90 Å². The molecule has 0 fully saturated rings. The first-order chi connectivity index (χ1) is 11.0. The van der Waals surface area contributed by atoms with E-state index < -0.39 is 17.5 Å². The van der Waals surface area contributed by atoms with E-state index in [1.165, 1.54) is 17.2 Å². The molecule has 0 bridgehead atoms. The number of hydrogen-bond acceptors (Lipinski definition) is 3. The Kier molecular flexibility index (Phi) is 4.45. The third-order valence-corrected chi connectivity index (χ3v) is 4.34. The van der Waals surface area contributed by atoms with Crippen LogP contribution in [0, 0.1) is 11.6 Å². The van der Waals surface area contributed by atoms with Gasteiger partial charge in [0.15, 0.2) is 0 Å². The maximum absolute atomic E-state index is 14.1. The number of hydrogen-bond donors (Lipinski definition) is 0. The number of benzene rings is 1. The van der Waals surface area contributed by atoms with E-state index in [9.17, 15) is 13.6 Å². The summed E-state index contributed by atoms with van der Waals surface area (Å²) in [6.07, 6.45) is 1.46. The molecule has 3 aromatic rings. The standard InChI is InChI=1S/C16H10ClF2NO2S/c17-15-6-5-14(23-15)16(21)20(9-11-2-1-7-22-11)13-4-3-10(18)8-12(13)19/h1-8H,9H2. The Morgan fingerprint density at radius 2 is 2.04 bits per heavy atom. The molecule has 23 heavy (non-hydrogen) atoms. The summed E-state index contributed by atoms with van der Waals surface area (Å²) >= 11 is 6.94. The summed E-state index contributed by atoms with van der Waals surface area (Å²) in [6, 6.07) is 9.55. The molecule has 1 aromatic carbocycles. The van der Waals surface area contributed by atoms with Crippen LogP contribution in [-0.2, 0) is 6.54 Å². The highest BCUT2D eigenvalue weighted by Gasteiger charge is 2.23. The van der Waals surface area contributed by atoms with Crippen LogP contribution in [-0.4, -0.2) is 5.91 Å². The SMILES string of the molecule is O=C(c1ccc(Cl)s1)N(Cc1ccco1)c1ccc(F)cc1F. The minimum absolute atomic E-state index is 0.0178. The van der Waals surface area contributed by atoms with Gasteiger partial charge in [0.2, 0.25) is 0 Å². The Bertz CT molecular complexity index is 832. The summed E-state index contributed by atoms with van der Waals surface area (Å²) in [5.74, 6) is -1.50. The maximum Gasteiger partial charge on any atom is 0.268 e. The molecule has 0 N–H and O–H groups in total. The number of thiophene rings is 1. The molecule has 0 spiro atoms. The zero-order chi connectivity index (χ0) is 16.4. The highest BCUT2D eigenvalue weighted by Crippen LogP contribution is 2.28. The molecule has 2 heterocycles. The highest BCUT2D eigenvalue weighted by atomic mass is 35.5. The molecule has 7 heteroatoms. The van der Waals surface area contributed by atoms with Crippen LogP contribution >= 0.6 is 22.9 Å². The number of amides is 1. The number of anilines is 1. The Hall–Kier alpha value is -2.18. The molecular formula is C16H10ClF2NO2S. The van der Waals surface area contributed by atoms with E-state index in [1.807, 2.05) is 0 Å². The minimum Gasteiger partial charge on any atom is -0.467 e. The number of furan rings is 1. The normalized spacial score (nSPS) is 10.7. The second-order valence-electron chi connectivity index (χ2n) is 4.67. The lowest BCUT2D eigenvalue weighted by Gasteiger charge is -2.21. The van der Waals surface area contributed by atoms with Gasteiger partial charge in [-0.2, -0.15) is 0 Å². The Labute approximate surface area is 139 Å². The van der Waals surface area contributed by atoms with Gasteiger partial charge < -0.3 is 4.42 Å². The van der Waals surface area contributed by atoms with Crippen molar-refractivity contribution >= 4 is 34.5 Å². The van der Waals surface area contributed by atoms with Gasteiger partial charge in [0.25, 0.3) is 5.91 Å². The zero-order valence-corrected chi connectivity index (χ0v) is 13.2. The number of carbonyl (C=O) groups is 1. The van der Waals surface area contributed by atoms with Gasteiger partial charge in [-0.25, -0.2) is 8.78 Å². The van der Waals surface area contributed by atoms with Gasteiger partial charge in [0.05, 0.1) is 27.7 Å². The fourth-order valence-electron chi connectivity index (χ4n) is 2.09. The largest absolute Gasteiger partial charge is 0.467 e. The number of rotatable bonds is 4. The van der Waals surface area contributed by atoms with E-state index in [1.54, 1.807) is 24.3 Å². The van der Waals surface area contributed by atoms with Gasteiger partial charge in [-0.1, -0.05) is 11.6 Å². The summed E-state index contributed by atoms with van der Waals surface area (Å²) < 4.78 is 32.9. The summed E-state index contributed by atoms with van der Waals surface area (Å²) in [5, 5.41) is 0. The van der Waals surface area contributed by atoms with Gasteiger partial charge >= 0.3 is 0 Å². The average molecular weight is 354 g/mol. The predicted octanol–water partition coefficient (Wildman–Crippen LogP) is 5.12. The molecule has 3 nitrogen and oxygen atoms in total. The molecule has 0 saturated carbocycles. The molecule has 0 aliphatic heterocycles. The van der Waals surface area contributed by atoms with Gasteiger partial charge in [-0.05, 0) is 36.4 Å². The van der Waals surface area contributed by atoms with E-state index in [2.05, 4.69) is 0 Å². The van der Waals surface area contributed by atoms with Crippen molar-refractivity contribution in [1.29, 1.82) is 0 Å². The van der Waals surface area contributed by atoms with Crippen LogP contribution in [0.3, 0.4) is 0 Å². The summed E-state index contributed by atoms with van der Waals surface area (Å²) in [5.41, 5.74) is -0.0303. The molecular weight excluding hydrogens is 344 g/mol. The van der Waals surface area contributed by atoms with Crippen LogP contribution in [0.2, 0.25) is 4.34 Å². The summed E-state index contributed by atoms with van der Waals surface area (Å²) in [7, 11) is 0. The van der Waals surface area contributed by atoms with Crippen LogP contribution in [0.25, 0.3) is 0 Å². The summed E-state index contributed by atoms with van der Waals surface area (Å²) in [6.45, 7) is 0.0178. The van der Waals surface area contributed by atoms with E-state index >= 15 is 0 Å². The highest BCUT2D eigenvalue weighted by molar-refractivity contribution is 7.18. The molecule has 0 aliphatic rings. The van der Waals surface area contributed by atoms with Gasteiger partial charge in [-0.15, -0.1) is 11.3 Å². The minimum atomic E-state index is -0.826. The molecule has 0 atom stereocenters. The van der Waals surface area contributed by atoms with Crippen LogP contribution in [0.5, 0.6) is 0 Å². The monoisotopic (exact) mass is 353 g/mol. The first-order valence-electron chi connectivity index (χ1n) is 6.59. The van der Waals surface area contributed by atoms with Crippen molar-refractivity contribution in [2.45, 2.75) is 6.54 Å². The maximum atomic E-state index is 14.1. The van der Waals surface area contributed by atoms with Gasteiger partial charge in [-0.3, -0.25) is 9.69 Å². The molecule has 2 aromatic heterocycles. The first kappa shape index (κ1) is 15.7. The van der Waals surface area contributed by atoms with Crippen LogP contribution in [0.15, 0.2) is 53.1 Å². The summed E-state index contributed by atoms with van der Waals surface area (Å²) in [4.78, 5) is 14.2. The van der Waals surface area contributed by atoms with Crippen LogP contribution in [0.4, 0.5) is 14.5 Å². The molecule has 0 aliphatic carbocycles. The fraction of sp³-hybridized carbons (Fsp3) is 0.0625. The molecule has 0 unspecified atom stereocenters. The number of nitrogens with zero attached hydrogens (tertiary/aromatic N) is 1. The molecule has 3 rings (SSSR count). The average Bonchev–Trinajstić information content (AvgIpc) is 3.16. The van der Waals surface area contributed by atoms with Crippen molar-refractivity contribution in [2.75, 3.05) is 4.90 Å². The fourth-order valence-corrected chi connectivity index (χ4v) is 3.08. The first-order valence-corrected chi connectivity index (χ1v) is 7.78. The van der Waals surface area contributed by atoms with E-state index in [4.69, 9.17) is 16.0 Å². The number of halogens is 3. The molecule has 118 valence electrons. The second kappa shape index (κ2) is 6.52. The molecule has 0 saturated heterocycles. The molecule has 0 radical (unpaired) electrons. The van der Waals surface area contributed by atoms with Crippen molar-refractivity contribution in [3.05, 3.63) is 75.3 Å². The van der Waals surface area contributed by atoms with Gasteiger partial charge in [0, 0.05) is 6.07 Å². The lowest BCUT2D eigenvalue weighted by Crippen LogP contribution is -2.30. The quantitative estimate of drug-likeness (QED) is 0.652. The predicted molar refractivity (Wildman–Crippen MR) is 84.9 cm³/mol. The topological polar surface area (TPSA) is 33.5 Å². The third-order valence-electron chi connectivity index (χ3n) is 3.12. The lowest BCUT2D eigenvalue weighted by molar-refractivity contribution is 0.0986. The van der Waals surface area contributed by atoms with E-state index in [0.29, 0.717) is 15.0 Å².